The lowest BCUT2D eigenvalue weighted by molar-refractivity contribution is 0.0735. The number of thiophene rings is 1. The first-order chi connectivity index (χ1) is 9.15. The molecular formula is C14H14N2O2S. The van der Waals surface area contributed by atoms with Gasteiger partial charge < -0.3 is 9.47 Å². The molecule has 0 N–H and O–H groups in total. The SMILES string of the molecule is Cn1cc(C(=O)N2CCc3sccc3C2)ccc1=O. The van der Waals surface area contributed by atoms with Crippen LogP contribution in [-0.2, 0) is 20.0 Å². The summed E-state index contributed by atoms with van der Waals surface area (Å²) in [4.78, 5) is 27.0. The fraction of sp³-hybridized carbons (Fsp3) is 0.286. The van der Waals surface area contributed by atoms with Gasteiger partial charge in [0.25, 0.3) is 5.91 Å². The highest BCUT2D eigenvalue weighted by molar-refractivity contribution is 7.10. The van der Waals surface area contributed by atoms with Crippen molar-refractivity contribution in [2.75, 3.05) is 6.54 Å². The number of carbonyl (C=O) groups is 1. The van der Waals surface area contributed by atoms with E-state index in [9.17, 15) is 9.59 Å². The third kappa shape index (κ3) is 2.21. The standard InChI is InChI=1S/C14H14N2O2S/c1-15-8-11(2-3-13(15)17)14(18)16-6-4-12-10(9-16)5-7-19-12/h2-3,5,7-8H,4,6,9H2,1H3. The number of hydrogen-bond acceptors (Lipinski definition) is 3. The molecule has 0 radical (unpaired) electrons. The molecule has 0 fully saturated rings. The first-order valence-corrected chi connectivity index (χ1v) is 7.04. The van der Waals surface area contributed by atoms with Crippen molar-refractivity contribution in [1.82, 2.24) is 9.47 Å². The number of carbonyl (C=O) groups excluding carboxylic acids is 1. The summed E-state index contributed by atoms with van der Waals surface area (Å²) in [6.07, 6.45) is 2.53. The Balaban J connectivity index is 1.85. The van der Waals surface area contributed by atoms with E-state index in [1.54, 1.807) is 30.6 Å². The quantitative estimate of drug-likeness (QED) is 0.793. The molecule has 3 heterocycles. The first kappa shape index (κ1) is 12.2. The van der Waals surface area contributed by atoms with Crippen LogP contribution in [0.1, 0.15) is 20.8 Å². The third-order valence-electron chi connectivity index (χ3n) is 3.43. The topological polar surface area (TPSA) is 42.3 Å². The van der Waals surface area contributed by atoms with E-state index < -0.39 is 0 Å². The molecule has 5 heteroatoms. The summed E-state index contributed by atoms with van der Waals surface area (Å²) in [6.45, 7) is 1.41. The second-order valence-corrected chi connectivity index (χ2v) is 5.71. The monoisotopic (exact) mass is 274 g/mol. The van der Waals surface area contributed by atoms with Crippen molar-refractivity contribution in [2.24, 2.45) is 7.05 Å². The molecule has 1 amide bonds. The summed E-state index contributed by atoms with van der Waals surface area (Å²) in [7, 11) is 1.66. The lowest BCUT2D eigenvalue weighted by atomic mass is 10.1. The predicted molar refractivity (Wildman–Crippen MR) is 74.4 cm³/mol. The molecule has 1 aliphatic rings. The van der Waals surface area contributed by atoms with Crippen molar-refractivity contribution >= 4 is 17.2 Å². The van der Waals surface area contributed by atoms with Crippen molar-refractivity contribution < 1.29 is 4.79 Å². The van der Waals surface area contributed by atoms with Crippen molar-refractivity contribution in [3.63, 3.8) is 0 Å². The van der Waals surface area contributed by atoms with Gasteiger partial charge in [0, 0.05) is 37.3 Å². The lowest BCUT2D eigenvalue weighted by Crippen LogP contribution is -2.35. The molecule has 2 aromatic rings. The van der Waals surface area contributed by atoms with Crippen LogP contribution in [0.2, 0.25) is 0 Å². The van der Waals surface area contributed by atoms with Crippen LogP contribution < -0.4 is 5.56 Å². The highest BCUT2D eigenvalue weighted by Gasteiger charge is 2.22. The molecule has 0 bridgehead atoms. The molecule has 0 spiro atoms. The number of hydrogen-bond donors (Lipinski definition) is 0. The minimum atomic E-state index is -0.102. The molecule has 1 aliphatic heterocycles. The molecule has 98 valence electrons. The van der Waals surface area contributed by atoms with Gasteiger partial charge in [-0.15, -0.1) is 11.3 Å². The molecule has 0 unspecified atom stereocenters. The van der Waals surface area contributed by atoms with E-state index >= 15 is 0 Å². The zero-order valence-electron chi connectivity index (χ0n) is 10.6. The van der Waals surface area contributed by atoms with Crippen molar-refractivity contribution in [3.05, 3.63) is 56.1 Å². The lowest BCUT2D eigenvalue weighted by Gasteiger charge is -2.27. The summed E-state index contributed by atoms with van der Waals surface area (Å²) in [6, 6.07) is 5.13. The number of pyridine rings is 1. The third-order valence-corrected chi connectivity index (χ3v) is 4.45. The number of nitrogens with zero attached hydrogens (tertiary/aromatic N) is 2. The molecule has 2 aromatic heterocycles. The number of rotatable bonds is 1. The fourth-order valence-corrected chi connectivity index (χ4v) is 3.21. The fourth-order valence-electron chi connectivity index (χ4n) is 2.32. The van der Waals surface area contributed by atoms with E-state index in [2.05, 4.69) is 11.4 Å². The van der Waals surface area contributed by atoms with Crippen LogP contribution in [0.5, 0.6) is 0 Å². The van der Waals surface area contributed by atoms with Gasteiger partial charge in [0.1, 0.15) is 0 Å². The highest BCUT2D eigenvalue weighted by atomic mass is 32.1. The van der Waals surface area contributed by atoms with E-state index in [4.69, 9.17) is 0 Å². The average Bonchev–Trinajstić information content (AvgIpc) is 2.88. The molecule has 0 aromatic carbocycles. The van der Waals surface area contributed by atoms with Gasteiger partial charge >= 0.3 is 0 Å². The maximum Gasteiger partial charge on any atom is 0.255 e. The van der Waals surface area contributed by atoms with Gasteiger partial charge in [-0.25, -0.2) is 0 Å². The second kappa shape index (κ2) is 4.66. The van der Waals surface area contributed by atoms with Crippen LogP contribution in [0.4, 0.5) is 0 Å². The average molecular weight is 274 g/mol. The molecular weight excluding hydrogens is 260 g/mol. The van der Waals surface area contributed by atoms with Gasteiger partial charge in [-0.1, -0.05) is 0 Å². The molecule has 0 atom stereocenters. The van der Waals surface area contributed by atoms with Crippen molar-refractivity contribution in [3.8, 4) is 0 Å². The second-order valence-electron chi connectivity index (χ2n) is 4.71. The Morgan fingerprint density at radius 3 is 2.95 bits per heavy atom. The molecule has 4 nitrogen and oxygen atoms in total. The van der Waals surface area contributed by atoms with E-state index in [1.807, 2.05) is 4.90 Å². The zero-order chi connectivity index (χ0) is 13.4. The Morgan fingerprint density at radius 2 is 2.16 bits per heavy atom. The Bertz CT molecular complexity index is 687. The van der Waals surface area contributed by atoms with Gasteiger partial charge in [0.05, 0.1) is 5.56 Å². The van der Waals surface area contributed by atoms with Crippen LogP contribution >= 0.6 is 11.3 Å². The Morgan fingerprint density at radius 1 is 1.32 bits per heavy atom. The summed E-state index contributed by atoms with van der Waals surface area (Å²) < 4.78 is 1.44. The van der Waals surface area contributed by atoms with Gasteiger partial charge in [-0.2, -0.15) is 0 Å². The number of fused-ring (bicyclic) bond motifs is 1. The highest BCUT2D eigenvalue weighted by Crippen LogP contribution is 2.24. The normalized spacial score (nSPS) is 14.3. The predicted octanol–water partition coefficient (Wildman–Crippen LogP) is 1.65. The smallest absolute Gasteiger partial charge is 0.255 e. The summed E-state index contributed by atoms with van der Waals surface area (Å²) >= 11 is 1.76. The van der Waals surface area contributed by atoms with Crippen molar-refractivity contribution in [2.45, 2.75) is 13.0 Å². The van der Waals surface area contributed by atoms with Gasteiger partial charge in [0.15, 0.2) is 0 Å². The Kier molecular flexibility index (Phi) is 2.98. The minimum absolute atomic E-state index is 0.00699. The molecule has 3 rings (SSSR count). The van der Waals surface area contributed by atoms with E-state index in [0.717, 1.165) is 13.0 Å². The molecule has 0 saturated heterocycles. The van der Waals surface area contributed by atoms with Crippen LogP contribution in [-0.4, -0.2) is 21.9 Å². The van der Waals surface area contributed by atoms with Gasteiger partial charge in [-0.3, -0.25) is 9.59 Å². The number of amides is 1. The minimum Gasteiger partial charge on any atom is -0.334 e. The zero-order valence-corrected chi connectivity index (χ0v) is 11.4. The van der Waals surface area contributed by atoms with E-state index in [1.165, 1.54) is 21.1 Å². The first-order valence-electron chi connectivity index (χ1n) is 6.16. The van der Waals surface area contributed by atoms with E-state index in [0.29, 0.717) is 12.1 Å². The number of aryl methyl sites for hydroxylation is 1. The summed E-state index contributed by atoms with van der Waals surface area (Å²) in [5.41, 5.74) is 1.71. The molecule has 0 aliphatic carbocycles. The summed E-state index contributed by atoms with van der Waals surface area (Å²) in [5, 5.41) is 2.07. The van der Waals surface area contributed by atoms with Gasteiger partial charge in [-0.05, 0) is 29.5 Å². The van der Waals surface area contributed by atoms with Crippen LogP contribution in [0.3, 0.4) is 0 Å². The summed E-state index contributed by atoms with van der Waals surface area (Å²) in [5.74, 6) is -0.00699. The molecule has 0 saturated carbocycles. The Labute approximate surface area is 114 Å². The van der Waals surface area contributed by atoms with Crippen molar-refractivity contribution in [1.29, 1.82) is 0 Å². The maximum atomic E-state index is 12.4. The maximum absolute atomic E-state index is 12.4. The largest absolute Gasteiger partial charge is 0.334 e. The molecule has 19 heavy (non-hydrogen) atoms. The number of aromatic nitrogens is 1. The van der Waals surface area contributed by atoms with Crippen LogP contribution in [0.15, 0.2) is 34.6 Å². The van der Waals surface area contributed by atoms with Crippen LogP contribution in [0, 0.1) is 0 Å². The Hall–Kier alpha value is -1.88. The van der Waals surface area contributed by atoms with E-state index in [-0.39, 0.29) is 11.5 Å². The van der Waals surface area contributed by atoms with Crippen LogP contribution in [0.25, 0.3) is 0 Å². The van der Waals surface area contributed by atoms with Gasteiger partial charge in [0.2, 0.25) is 5.56 Å².